The lowest BCUT2D eigenvalue weighted by Crippen LogP contribution is -2.44. The van der Waals surface area contributed by atoms with Gasteiger partial charge in [0.25, 0.3) is 11.8 Å². The second-order valence-electron chi connectivity index (χ2n) is 6.20. The molecular weight excluding hydrogens is 372 g/mol. The van der Waals surface area contributed by atoms with Crippen molar-refractivity contribution in [2.75, 3.05) is 13.1 Å². The first-order valence-corrected chi connectivity index (χ1v) is 8.62. The van der Waals surface area contributed by atoms with Crippen LogP contribution in [0.1, 0.15) is 23.5 Å². The number of aromatic nitrogens is 4. The molecule has 1 unspecified atom stereocenters. The van der Waals surface area contributed by atoms with Crippen molar-refractivity contribution < 1.29 is 22.7 Å². The van der Waals surface area contributed by atoms with Crippen molar-refractivity contribution in [2.45, 2.75) is 18.9 Å². The molecule has 4 rings (SSSR count). The van der Waals surface area contributed by atoms with Crippen LogP contribution in [-0.2, 0) is 0 Å². The first-order chi connectivity index (χ1) is 13.6. The van der Waals surface area contributed by atoms with Crippen LogP contribution in [0, 0.1) is 11.6 Å². The third-order valence-electron chi connectivity index (χ3n) is 4.22. The van der Waals surface area contributed by atoms with E-state index in [1.165, 1.54) is 35.4 Å². The number of carbonyl (C=O) groups is 1. The number of hydrogen-bond donors (Lipinski definition) is 0. The van der Waals surface area contributed by atoms with E-state index in [-0.39, 0.29) is 29.9 Å². The first-order valence-electron chi connectivity index (χ1n) is 8.62. The average molecular weight is 387 g/mol. The summed E-state index contributed by atoms with van der Waals surface area (Å²) in [4.78, 5) is 21.9. The van der Waals surface area contributed by atoms with Gasteiger partial charge in [0.1, 0.15) is 17.6 Å². The van der Waals surface area contributed by atoms with Crippen molar-refractivity contribution in [1.82, 2.24) is 25.1 Å². The number of amides is 1. The van der Waals surface area contributed by atoms with Gasteiger partial charge in [-0.05, 0) is 37.1 Å². The van der Waals surface area contributed by atoms with Crippen molar-refractivity contribution in [3.63, 3.8) is 0 Å². The Hall–Kier alpha value is -3.43. The minimum absolute atomic E-state index is 0.0173. The standard InChI is InChI=1S/C18H15F2N5O3/c19-11-5-6-14(22-9-11)16-23-24-17(28-16)18(26)25-8-2-3-12(10-25)27-15-13(20)4-1-7-21-15/h1,4-7,9,12H,2-3,8,10H2. The second kappa shape index (κ2) is 7.67. The maximum absolute atomic E-state index is 13.7. The van der Waals surface area contributed by atoms with Gasteiger partial charge in [0.05, 0.1) is 12.7 Å². The largest absolute Gasteiger partial charge is 0.470 e. The van der Waals surface area contributed by atoms with Gasteiger partial charge in [-0.1, -0.05) is 0 Å². The predicted octanol–water partition coefficient (Wildman–Crippen LogP) is 2.49. The van der Waals surface area contributed by atoms with Crippen LogP contribution in [0.2, 0.25) is 0 Å². The molecular formula is C18H15F2N5O3. The van der Waals surface area contributed by atoms with Gasteiger partial charge in [0, 0.05) is 12.7 Å². The summed E-state index contributed by atoms with van der Waals surface area (Å²) >= 11 is 0. The summed E-state index contributed by atoms with van der Waals surface area (Å²) in [6.07, 6.45) is 3.39. The van der Waals surface area contributed by atoms with Gasteiger partial charge in [0.15, 0.2) is 5.82 Å². The van der Waals surface area contributed by atoms with Gasteiger partial charge >= 0.3 is 11.8 Å². The zero-order chi connectivity index (χ0) is 19.5. The van der Waals surface area contributed by atoms with Crippen LogP contribution in [0.4, 0.5) is 8.78 Å². The molecule has 3 aromatic rings. The van der Waals surface area contributed by atoms with E-state index in [1.54, 1.807) is 0 Å². The number of pyridine rings is 2. The Labute approximate surface area is 158 Å². The molecule has 0 aromatic carbocycles. The Balaban J connectivity index is 1.44. The number of piperidine rings is 1. The Kier molecular flexibility index (Phi) is 4.92. The Bertz CT molecular complexity index is 979. The summed E-state index contributed by atoms with van der Waals surface area (Å²) < 4.78 is 37.7. The highest BCUT2D eigenvalue weighted by atomic mass is 19.1. The predicted molar refractivity (Wildman–Crippen MR) is 91.2 cm³/mol. The highest BCUT2D eigenvalue weighted by Gasteiger charge is 2.29. The summed E-state index contributed by atoms with van der Waals surface area (Å²) in [5.41, 5.74) is 0.262. The van der Waals surface area contributed by atoms with Gasteiger partial charge in [-0.25, -0.2) is 18.7 Å². The molecule has 0 N–H and O–H groups in total. The monoisotopic (exact) mass is 387 g/mol. The molecule has 0 aliphatic carbocycles. The number of hydrogen-bond acceptors (Lipinski definition) is 7. The quantitative estimate of drug-likeness (QED) is 0.679. The summed E-state index contributed by atoms with van der Waals surface area (Å²) in [6.45, 7) is 0.720. The summed E-state index contributed by atoms with van der Waals surface area (Å²) in [5.74, 6) is -1.79. The molecule has 0 spiro atoms. The number of carbonyl (C=O) groups excluding carboxylic acids is 1. The molecule has 144 valence electrons. The number of likely N-dealkylation sites (tertiary alicyclic amines) is 1. The number of ether oxygens (including phenoxy) is 1. The van der Waals surface area contributed by atoms with Crippen molar-refractivity contribution in [3.05, 3.63) is 54.2 Å². The van der Waals surface area contributed by atoms with Crippen LogP contribution >= 0.6 is 0 Å². The molecule has 0 radical (unpaired) electrons. The van der Waals surface area contributed by atoms with E-state index in [9.17, 15) is 13.6 Å². The van der Waals surface area contributed by atoms with Gasteiger partial charge in [-0.3, -0.25) is 4.79 Å². The molecule has 10 heteroatoms. The molecule has 4 heterocycles. The minimum Gasteiger partial charge on any atom is -0.470 e. The highest BCUT2D eigenvalue weighted by Crippen LogP contribution is 2.21. The van der Waals surface area contributed by atoms with E-state index in [0.717, 1.165) is 6.20 Å². The normalized spacial score (nSPS) is 16.8. The van der Waals surface area contributed by atoms with Crippen LogP contribution in [0.3, 0.4) is 0 Å². The third-order valence-corrected chi connectivity index (χ3v) is 4.22. The van der Waals surface area contributed by atoms with Crippen molar-refractivity contribution in [3.8, 4) is 17.5 Å². The van der Waals surface area contributed by atoms with Crippen molar-refractivity contribution in [2.24, 2.45) is 0 Å². The summed E-state index contributed by atoms with van der Waals surface area (Å²) in [6, 6.07) is 5.32. The molecule has 3 aromatic heterocycles. The Morgan fingerprint density at radius 3 is 2.89 bits per heavy atom. The van der Waals surface area contributed by atoms with Gasteiger partial charge < -0.3 is 14.1 Å². The van der Waals surface area contributed by atoms with Crippen LogP contribution in [0.5, 0.6) is 5.88 Å². The van der Waals surface area contributed by atoms with E-state index >= 15 is 0 Å². The molecule has 1 atom stereocenters. The number of halogens is 2. The van der Waals surface area contributed by atoms with Crippen LogP contribution < -0.4 is 4.74 Å². The maximum atomic E-state index is 13.7. The van der Waals surface area contributed by atoms with Crippen molar-refractivity contribution in [1.29, 1.82) is 0 Å². The molecule has 28 heavy (non-hydrogen) atoms. The van der Waals surface area contributed by atoms with Gasteiger partial charge in [-0.15, -0.1) is 10.2 Å². The first kappa shape index (κ1) is 18.0. The number of nitrogens with zero attached hydrogens (tertiary/aromatic N) is 5. The molecule has 1 aliphatic rings. The zero-order valence-electron chi connectivity index (χ0n) is 14.6. The molecule has 1 aliphatic heterocycles. The zero-order valence-corrected chi connectivity index (χ0v) is 14.6. The number of rotatable bonds is 4. The second-order valence-corrected chi connectivity index (χ2v) is 6.20. The Morgan fingerprint density at radius 1 is 1.21 bits per heavy atom. The SMILES string of the molecule is O=C(c1nnc(-c2ccc(F)cn2)o1)N1CCCC(Oc2ncccc2F)C1. The summed E-state index contributed by atoms with van der Waals surface area (Å²) in [5, 5.41) is 7.55. The molecule has 0 bridgehead atoms. The summed E-state index contributed by atoms with van der Waals surface area (Å²) in [7, 11) is 0. The maximum Gasteiger partial charge on any atom is 0.311 e. The molecule has 8 nitrogen and oxygen atoms in total. The lowest BCUT2D eigenvalue weighted by molar-refractivity contribution is 0.0485. The molecule has 1 amide bonds. The molecule has 1 fully saturated rings. The van der Waals surface area contributed by atoms with Crippen LogP contribution in [0.15, 0.2) is 41.1 Å². The third kappa shape index (κ3) is 3.80. The van der Waals surface area contributed by atoms with E-state index in [0.29, 0.717) is 19.4 Å². The van der Waals surface area contributed by atoms with E-state index < -0.39 is 23.6 Å². The lowest BCUT2D eigenvalue weighted by Gasteiger charge is -2.31. The fourth-order valence-corrected chi connectivity index (χ4v) is 2.89. The average Bonchev–Trinajstić information content (AvgIpc) is 3.20. The molecule has 1 saturated heterocycles. The van der Waals surface area contributed by atoms with Crippen molar-refractivity contribution >= 4 is 5.91 Å². The van der Waals surface area contributed by atoms with E-state index in [2.05, 4.69) is 20.2 Å². The smallest absolute Gasteiger partial charge is 0.311 e. The topological polar surface area (TPSA) is 94.2 Å². The fourth-order valence-electron chi connectivity index (χ4n) is 2.89. The van der Waals surface area contributed by atoms with E-state index in [4.69, 9.17) is 9.15 Å². The van der Waals surface area contributed by atoms with Gasteiger partial charge in [-0.2, -0.15) is 0 Å². The molecule has 0 saturated carbocycles. The van der Waals surface area contributed by atoms with Crippen LogP contribution in [-0.4, -0.2) is 50.2 Å². The van der Waals surface area contributed by atoms with E-state index in [1.807, 2.05) is 0 Å². The lowest BCUT2D eigenvalue weighted by atomic mass is 10.1. The van der Waals surface area contributed by atoms with Gasteiger partial charge in [0.2, 0.25) is 0 Å². The van der Waals surface area contributed by atoms with Crippen LogP contribution in [0.25, 0.3) is 11.6 Å². The minimum atomic E-state index is -0.556. The highest BCUT2D eigenvalue weighted by molar-refractivity contribution is 5.89. The Morgan fingerprint density at radius 2 is 2.11 bits per heavy atom. The fraction of sp³-hybridized carbons (Fsp3) is 0.278.